The van der Waals surface area contributed by atoms with Gasteiger partial charge in [0.25, 0.3) is 5.91 Å². The molecule has 1 fully saturated rings. The first-order valence-corrected chi connectivity index (χ1v) is 11.5. The molecule has 2 aromatic rings. The van der Waals surface area contributed by atoms with Crippen molar-refractivity contribution in [2.75, 3.05) is 24.5 Å². The van der Waals surface area contributed by atoms with Crippen LogP contribution < -0.4 is 15.5 Å². The second kappa shape index (κ2) is 11.8. The molecule has 0 aliphatic carbocycles. The van der Waals surface area contributed by atoms with Crippen molar-refractivity contribution >= 4 is 11.6 Å². The van der Waals surface area contributed by atoms with Crippen molar-refractivity contribution in [3.05, 3.63) is 90.8 Å². The highest BCUT2D eigenvalue weighted by Crippen LogP contribution is 2.22. The lowest BCUT2D eigenvalue weighted by atomic mass is 9.94. The predicted octanol–water partition coefficient (Wildman–Crippen LogP) is 4.20. The predicted molar refractivity (Wildman–Crippen MR) is 132 cm³/mol. The van der Waals surface area contributed by atoms with E-state index in [0.29, 0.717) is 36.6 Å². The van der Waals surface area contributed by atoms with Crippen molar-refractivity contribution in [3.8, 4) is 0 Å². The van der Waals surface area contributed by atoms with Crippen LogP contribution >= 0.6 is 0 Å². The van der Waals surface area contributed by atoms with Gasteiger partial charge < -0.3 is 20.6 Å². The highest BCUT2D eigenvalue weighted by atomic mass is 19.1. The van der Waals surface area contributed by atoms with Crippen LogP contribution in [-0.2, 0) is 6.54 Å². The first kappa shape index (κ1) is 24.7. The van der Waals surface area contributed by atoms with Gasteiger partial charge in [-0.1, -0.05) is 30.4 Å². The van der Waals surface area contributed by atoms with Crippen LogP contribution in [0.5, 0.6) is 0 Å². The van der Waals surface area contributed by atoms with E-state index < -0.39 is 5.60 Å². The maximum Gasteiger partial charge on any atom is 0.251 e. The van der Waals surface area contributed by atoms with E-state index >= 15 is 0 Å². The average Bonchev–Trinajstić information content (AvgIpc) is 2.83. The fraction of sp³-hybridized carbons (Fsp3) is 0.370. The van der Waals surface area contributed by atoms with E-state index in [1.807, 2.05) is 12.1 Å². The lowest BCUT2D eigenvalue weighted by Crippen LogP contribution is -2.48. The van der Waals surface area contributed by atoms with Crippen molar-refractivity contribution in [1.82, 2.24) is 10.6 Å². The molecule has 0 saturated carbocycles. The summed E-state index contributed by atoms with van der Waals surface area (Å²) in [5, 5.41) is 17.0. The third-order valence-corrected chi connectivity index (χ3v) is 6.16. The van der Waals surface area contributed by atoms with Gasteiger partial charge in [-0.15, -0.1) is 13.2 Å². The Morgan fingerprint density at radius 1 is 1.09 bits per heavy atom. The number of carbonyl (C=O) groups is 1. The zero-order chi connectivity index (χ0) is 23.7. The minimum Gasteiger partial charge on any atom is -0.388 e. The van der Waals surface area contributed by atoms with E-state index in [0.717, 1.165) is 31.6 Å². The summed E-state index contributed by atoms with van der Waals surface area (Å²) in [6.45, 7) is 9.96. The Kier molecular flexibility index (Phi) is 8.80. The molecular weight excluding hydrogens is 417 g/mol. The van der Waals surface area contributed by atoms with Gasteiger partial charge in [-0.05, 0) is 56.0 Å². The maximum absolute atomic E-state index is 13.7. The maximum atomic E-state index is 13.7. The van der Waals surface area contributed by atoms with Gasteiger partial charge in [0.1, 0.15) is 5.82 Å². The van der Waals surface area contributed by atoms with Crippen LogP contribution in [0.3, 0.4) is 0 Å². The number of nitrogens with one attached hydrogen (secondary N) is 2. The molecule has 0 spiro atoms. The number of hydrogen-bond acceptors (Lipinski definition) is 4. The molecule has 176 valence electrons. The topological polar surface area (TPSA) is 64.6 Å². The number of aliphatic hydroxyl groups is 1. The highest BCUT2D eigenvalue weighted by molar-refractivity contribution is 5.94. The van der Waals surface area contributed by atoms with E-state index in [-0.39, 0.29) is 18.3 Å². The fourth-order valence-electron chi connectivity index (χ4n) is 4.18. The molecule has 1 aliphatic rings. The molecule has 3 rings (SSSR count). The van der Waals surface area contributed by atoms with Crippen molar-refractivity contribution in [2.24, 2.45) is 0 Å². The summed E-state index contributed by atoms with van der Waals surface area (Å²) in [5.74, 6) is -0.545. The quantitative estimate of drug-likeness (QED) is 0.448. The van der Waals surface area contributed by atoms with Crippen molar-refractivity contribution < 1.29 is 14.3 Å². The molecule has 33 heavy (non-hydrogen) atoms. The Bertz CT molecular complexity index is 927. The minimum absolute atomic E-state index is 0.155. The number of amides is 1. The van der Waals surface area contributed by atoms with E-state index in [9.17, 15) is 14.3 Å². The van der Waals surface area contributed by atoms with E-state index in [1.165, 1.54) is 6.07 Å². The van der Waals surface area contributed by atoms with Crippen molar-refractivity contribution in [1.29, 1.82) is 0 Å². The zero-order valence-corrected chi connectivity index (χ0v) is 19.1. The molecule has 0 atom stereocenters. The molecule has 3 N–H and O–H groups in total. The third-order valence-electron chi connectivity index (χ3n) is 6.16. The Labute approximate surface area is 196 Å². The van der Waals surface area contributed by atoms with Crippen LogP contribution in [0.2, 0.25) is 0 Å². The van der Waals surface area contributed by atoms with Crippen molar-refractivity contribution in [3.63, 3.8) is 0 Å². The summed E-state index contributed by atoms with van der Waals surface area (Å²) >= 11 is 0. The van der Waals surface area contributed by atoms with Crippen LogP contribution in [0.1, 0.15) is 41.6 Å². The molecular formula is C27H34FN3O2. The molecule has 5 nitrogen and oxygen atoms in total. The summed E-state index contributed by atoms with van der Waals surface area (Å²) in [6, 6.07) is 14.3. The van der Waals surface area contributed by atoms with E-state index in [4.69, 9.17) is 0 Å². The van der Waals surface area contributed by atoms with Crippen LogP contribution in [-0.4, -0.2) is 42.3 Å². The molecule has 0 radical (unpaired) electrons. The molecule has 6 heteroatoms. The average molecular weight is 452 g/mol. The first-order chi connectivity index (χ1) is 15.9. The van der Waals surface area contributed by atoms with Crippen molar-refractivity contribution in [2.45, 2.75) is 43.9 Å². The second-order valence-electron chi connectivity index (χ2n) is 8.67. The number of piperidine rings is 1. The number of rotatable bonds is 11. The molecule has 2 aromatic carbocycles. The summed E-state index contributed by atoms with van der Waals surface area (Å²) in [4.78, 5) is 14.7. The Morgan fingerprint density at radius 3 is 2.33 bits per heavy atom. The molecule has 0 unspecified atom stereocenters. The Morgan fingerprint density at radius 2 is 1.73 bits per heavy atom. The number of benzene rings is 2. The Hall–Kier alpha value is -2.96. The van der Waals surface area contributed by atoms with Crippen LogP contribution in [0, 0.1) is 5.82 Å². The van der Waals surface area contributed by atoms with E-state index in [2.05, 4.69) is 28.7 Å². The summed E-state index contributed by atoms with van der Waals surface area (Å²) in [5.41, 5.74) is 1.26. The molecule has 0 aromatic heterocycles. The number of nitrogens with zero attached hydrogens (tertiary/aromatic N) is 1. The van der Waals surface area contributed by atoms with Gasteiger partial charge in [0, 0.05) is 49.0 Å². The molecule has 1 heterocycles. The lowest BCUT2D eigenvalue weighted by molar-refractivity contribution is 0.0426. The number of carbonyl (C=O) groups excluding carboxylic acids is 1. The number of hydrogen-bond donors (Lipinski definition) is 3. The van der Waals surface area contributed by atoms with Gasteiger partial charge in [-0.3, -0.25) is 4.79 Å². The standard InChI is InChI=1S/C27H34FN3O2/c1-3-15-27(33,16-4-2)20-30-23-13-17-31(18-14-23)24-11-9-21(10-12-24)26(32)29-19-22-7-5-6-8-25(22)28/h3-12,23,30,33H,1-2,13-20H2,(H,29,32). The summed E-state index contributed by atoms with van der Waals surface area (Å²) in [6.07, 6.45) is 6.51. The zero-order valence-electron chi connectivity index (χ0n) is 19.1. The first-order valence-electron chi connectivity index (χ1n) is 11.5. The van der Waals surface area contributed by atoms with Crippen LogP contribution in [0.15, 0.2) is 73.8 Å². The Balaban J connectivity index is 1.47. The van der Waals surface area contributed by atoms with Gasteiger partial charge in [-0.25, -0.2) is 4.39 Å². The fourth-order valence-corrected chi connectivity index (χ4v) is 4.18. The number of anilines is 1. The smallest absolute Gasteiger partial charge is 0.251 e. The normalized spacial score (nSPS) is 14.7. The van der Waals surface area contributed by atoms with Crippen LogP contribution in [0.4, 0.5) is 10.1 Å². The van der Waals surface area contributed by atoms with Gasteiger partial charge >= 0.3 is 0 Å². The molecule has 1 amide bonds. The second-order valence-corrected chi connectivity index (χ2v) is 8.67. The third kappa shape index (κ3) is 7.01. The number of halogens is 1. The summed E-state index contributed by atoms with van der Waals surface area (Å²) < 4.78 is 13.7. The molecule has 0 bridgehead atoms. The van der Waals surface area contributed by atoms with Gasteiger partial charge in [0.2, 0.25) is 0 Å². The lowest BCUT2D eigenvalue weighted by Gasteiger charge is -2.36. The summed E-state index contributed by atoms with van der Waals surface area (Å²) in [7, 11) is 0. The van der Waals surface area contributed by atoms with Crippen LogP contribution in [0.25, 0.3) is 0 Å². The molecule has 1 saturated heterocycles. The SMILES string of the molecule is C=CCC(O)(CC=C)CNC1CCN(c2ccc(C(=O)NCc3ccccc3F)cc2)CC1. The van der Waals surface area contributed by atoms with Gasteiger partial charge in [0.15, 0.2) is 0 Å². The van der Waals surface area contributed by atoms with Gasteiger partial charge in [0.05, 0.1) is 5.60 Å². The minimum atomic E-state index is -0.830. The monoisotopic (exact) mass is 451 g/mol. The highest BCUT2D eigenvalue weighted by Gasteiger charge is 2.26. The molecule has 1 aliphatic heterocycles. The largest absolute Gasteiger partial charge is 0.388 e. The van der Waals surface area contributed by atoms with E-state index in [1.54, 1.807) is 42.5 Å². The van der Waals surface area contributed by atoms with Gasteiger partial charge in [-0.2, -0.15) is 0 Å².